The second-order valence-corrected chi connectivity index (χ2v) is 10.6. The number of carbonyl (C=O) groups is 2. The number of nitrogens with zero attached hydrogens (tertiary/aromatic N) is 2. The molecule has 2 N–H and O–H groups in total. The Morgan fingerprint density at radius 3 is 2.57 bits per heavy atom. The highest BCUT2D eigenvalue weighted by Crippen LogP contribution is 2.48. The van der Waals surface area contributed by atoms with E-state index < -0.39 is 17.7 Å². The summed E-state index contributed by atoms with van der Waals surface area (Å²) in [5.74, 6) is -0.305. The topological polar surface area (TPSA) is 107 Å². The molecule has 0 fully saturated rings. The number of halogens is 1. The molecule has 2 aromatic rings. The Labute approximate surface area is 224 Å². The van der Waals surface area contributed by atoms with Crippen LogP contribution in [0.3, 0.4) is 0 Å². The average molecular weight is 568 g/mol. The van der Waals surface area contributed by atoms with Gasteiger partial charge in [0, 0.05) is 27.6 Å². The number of fused-ring (bicyclic) bond motifs is 1. The van der Waals surface area contributed by atoms with Gasteiger partial charge in [0.15, 0.2) is 5.69 Å². The lowest BCUT2D eigenvalue weighted by atomic mass is 10.0. The Morgan fingerprint density at radius 2 is 1.89 bits per heavy atom. The smallest absolute Gasteiger partial charge is 0.412 e. The average Bonchev–Trinajstić information content (AvgIpc) is 3.27. The van der Waals surface area contributed by atoms with E-state index in [4.69, 9.17) is 9.15 Å². The van der Waals surface area contributed by atoms with Gasteiger partial charge in [0.2, 0.25) is 0 Å². The molecule has 0 saturated carbocycles. The van der Waals surface area contributed by atoms with Crippen molar-refractivity contribution >= 4 is 33.7 Å². The third kappa shape index (κ3) is 5.41. The van der Waals surface area contributed by atoms with Crippen molar-refractivity contribution in [2.24, 2.45) is 0 Å². The fraction of sp³-hybridized carbons (Fsp3) is 0.321. The maximum Gasteiger partial charge on any atom is 0.412 e. The number of imidazole rings is 1. The minimum Gasteiger partial charge on any atom is -0.477 e. The van der Waals surface area contributed by atoms with Crippen molar-refractivity contribution in [3.8, 4) is 22.3 Å². The van der Waals surface area contributed by atoms with Gasteiger partial charge in [-0.3, -0.25) is 5.32 Å². The second kappa shape index (κ2) is 10.4. The molecule has 1 aromatic carbocycles. The summed E-state index contributed by atoms with van der Waals surface area (Å²) in [6.07, 6.45) is 4.16. The Balaban J connectivity index is 1.91. The van der Waals surface area contributed by atoms with Crippen LogP contribution in [-0.2, 0) is 17.7 Å². The number of hydrogen-bond acceptors (Lipinski definition) is 5. The largest absolute Gasteiger partial charge is 0.477 e. The summed E-state index contributed by atoms with van der Waals surface area (Å²) in [7, 11) is 0. The van der Waals surface area contributed by atoms with E-state index in [-0.39, 0.29) is 12.2 Å². The van der Waals surface area contributed by atoms with Crippen LogP contribution in [0.15, 0.2) is 51.7 Å². The standard InChI is InChI=1S/C28H30BrN3O5/c1-6-9-22-30-16(2)25(26(33)34)32(22)14-19-17-12-13-36-15-20(17)24(29)23(19)18-10-7-8-11-21(18)31-27(35)37-28(3,4)5/h7-8,10-13,15H,6,9,14H2,1-5H3,(H,31,35)(H,33,34). The van der Waals surface area contributed by atoms with Gasteiger partial charge in [0.25, 0.3) is 0 Å². The number of carbonyl (C=O) groups excluding carboxylic acids is 1. The van der Waals surface area contributed by atoms with Crippen LogP contribution in [0, 0.1) is 6.92 Å². The first-order valence-electron chi connectivity index (χ1n) is 12.1. The summed E-state index contributed by atoms with van der Waals surface area (Å²) < 4.78 is 13.5. The molecule has 2 heterocycles. The first-order chi connectivity index (χ1) is 17.5. The van der Waals surface area contributed by atoms with Gasteiger partial charge in [-0.15, -0.1) is 0 Å². The van der Waals surface area contributed by atoms with Crippen LogP contribution in [-0.4, -0.2) is 32.3 Å². The summed E-state index contributed by atoms with van der Waals surface area (Å²) in [5, 5.41) is 12.9. The van der Waals surface area contributed by atoms with E-state index in [0.29, 0.717) is 17.8 Å². The number of hydrogen-bond donors (Lipinski definition) is 2. The molecule has 0 spiro atoms. The molecule has 37 heavy (non-hydrogen) atoms. The van der Waals surface area contributed by atoms with Gasteiger partial charge in [0.1, 0.15) is 11.4 Å². The molecule has 1 amide bonds. The molecule has 9 heteroatoms. The number of rotatable bonds is 7. The van der Waals surface area contributed by atoms with Crippen LogP contribution in [0.4, 0.5) is 10.5 Å². The van der Waals surface area contributed by atoms with Gasteiger partial charge in [-0.05, 0) is 73.3 Å². The number of para-hydroxylation sites is 1. The molecule has 1 aromatic heterocycles. The van der Waals surface area contributed by atoms with Crippen molar-refractivity contribution in [2.75, 3.05) is 5.32 Å². The van der Waals surface area contributed by atoms with E-state index >= 15 is 0 Å². The first kappa shape index (κ1) is 26.5. The SMILES string of the molecule is CCCc1nc(C)c(C(=O)O)n1Cc1c2ccocc-2c(Br)c1-c1ccccc1NC(=O)OC(C)(C)C. The van der Waals surface area contributed by atoms with Crippen LogP contribution in [0.5, 0.6) is 0 Å². The molecule has 0 radical (unpaired) electrons. The van der Waals surface area contributed by atoms with Crippen molar-refractivity contribution in [2.45, 2.75) is 59.6 Å². The van der Waals surface area contributed by atoms with E-state index in [1.807, 2.05) is 58.0 Å². The number of carboxylic acid groups (broad SMARTS) is 1. The maximum atomic E-state index is 12.6. The molecule has 0 atom stereocenters. The molecule has 1 aliphatic carbocycles. The summed E-state index contributed by atoms with van der Waals surface area (Å²) >= 11 is 3.76. The number of benzene rings is 1. The first-order valence-corrected chi connectivity index (χ1v) is 12.9. The Morgan fingerprint density at radius 1 is 1.16 bits per heavy atom. The number of aromatic nitrogens is 2. The highest BCUT2D eigenvalue weighted by molar-refractivity contribution is 9.10. The number of anilines is 1. The predicted molar refractivity (Wildman–Crippen MR) is 145 cm³/mol. The number of carboxylic acids is 1. The predicted octanol–water partition coefficient (Wildman–Crippen LogP) is 7.36. The van der Waals surface area contributed by atoms with Crippen LogP contribution in [0.1, 0.15) is 61.7 Å². The Bertz CT molecular complexity index is 1430. The van der Waals surface area contributed by atoms with Crippen molar-refractivity contribution in [3.05, 3.63) is 70.1 Å². The van der Waals surface area contributed by atoms with Crippen molar-refractivity contribution < 1.29 is 23.8 Å². The quantitative estimate of drug-likeness (QED) is 0.241. The highest BCUT2D eigenvalue weighted by atomic mass is 79.9. The number of aromatic carboxylic acids is 1. The van der Waals surface area contributed by atoms with Gasteiger partial charge in [-0.1, -0.05) is 25.1 Å². The molecule has 2 aliphatic rings. The Kier molecular flexibility index (Phi) is 7.45. The van der Waals surface area contributed by atoms with Crippen molar-refractivity contribution in [1.29, 1.82) is 0 Å². The van der Waals surface area contributed by atoms with Crippen LogP contribution in [0.2, 0.25) is 0 Å². The van der Waals surface area contributed by atoms with E-state index in [0.717, 1.165) is 44.5 Å². The van der Waals surface area contributed by atoms with Gasteiger partial charge >= 0.3 is 12.1 Å². The highest BCUT2D eigenvalue weighted by Gasteiger charge is 2.28. The third-order valence-electron chi connectivity index (χ3n) is 5.92. The molecule has 0 bridgehead atoms. The molecule has 0 saturated heterocycles. The zero-order chi connectivity index (χ0) is 26.9. The minimum absolute atomic E-state index is 0.167. The second-order valence-electron chi connectivity index (χ2n) is 9.83. The normalized spacial score (nSPS) is 11.6. The zero-order valence-electron chi connectivity index (χ0n) is 21.5. The molecule has 8 nitrogen and oxygen atoms in total. The van der Waals surface area contributed by atoms with E-state index in [2.05, 4.69) is 26.2 Å². The fourth-order valence-corrected chi connectivity index (χ4v) is 5.28. The van der Waals surface area contributed by atoms with Crippen LogP contribution < -0.4 is 5.32 Å². The molecular weight excluding hydrogens is 538 g/mol. The zero-order valence-corrected chi connectivity index (χ0v) is 23.1. The number of amides is 1. The summed E-state index contributed by atoms with van der Waals surface area (Å²) in [5.41, 5.74) is 4.79. The lowest BCUT2D eigenvalue weighted by molar-refractivity contribution is 0.0633. The van der Waals surface area contributed by atoms with Crippen molar-refractivity contribution in [3.63, 3.8) is 0 Å². The van der Waals surface area contributed by atoms with E-state index in [9.17, 15) is 14.7 Å². The fourth-order valence-electron chi connectivity index (χ4n) is 4.52. The molecule has 194 valence electrons. The van der Waals surface area contributed by atoms with E-state index in [1.165, 1.54) is 0 Å². The monoisotopic (exact) mass is 567 g/mol. The summed E-state index contributed by atoms with van der Waals surface area (Å²) in [4.78, 5) is 29.4. The van der Waals surface area contributed by atoms with E-state index in [1.54, 1.807) is 24.0 Å². The van der Waals surface area contributed by atoms with Crippen LogP contribution >= 0.6 is 15.9 Å². The third-order valence-corrected chi connectivity index (χ3v) is 6.74. The molecule has 4 rings (SSSR count). The van der Waals surface area contributed by atoms with Gasteiger partial charge < -0.3 is 18.8 Å². The van der Waals surface area contributed by atoms with Gasteiger partial charge in [-0.2, -0.15) is 0 Å². The lowest BCUT2D eigenvalue weighted by Crippen LogP contribution is -2.27. The van der Waals surface area contributed by atoms with Gasteiger partial charge in [-0.25, -0.2) is 14.6 Å². The number of nitrogens with one attached hydrogen (secondary N) is 1. The summed E-state index contributed by atoms with van der Waals surface area (Å²) in [6, 6.07) is 9.32. The summed E-state index contributed by atoms with van der Waals surface area (Å²) in [6.45, 7) is 9.46. The molecular formula is C28H30BrN3O5. The lowest BCUT2D eigenvalue weighted by Gasteiger charge is -2.21. The molecule has 0 unspecified atom stereocenters. The molecule has 1 aliphatic heterocycles. The number of ether oxygens (including phenoxy) is 1. The van der Waals surface area contributed by atoms with Gasteiger partial charge in [0.05, 0.1) is 30.5 Å². The minimum atomic E-state index is -1.02. The van der Waals surface area contributed by atoms with Crippen LogP contribution in [0.25, 0.3) is 22.3 Å². The van der Waals surface area contributed by atoms with Crippen molar-refractivity contribution in [1.82, 2.24) is 9.55 Å². The number of aryl methyl sites for hydroxylation is 2. The maximum absolute atomic E-state index is 12.6. The Hall–Kier alpha value is -3.59.